The molecule has 19 heavy (non-hydrogen) atoms. The first-order valence-corrected chi connectivity index (χ1v) is 7.00. The molecule has 0 aromatic carbocycles. The van der Waals surface area contributed by atoms with Gasteiger partial charge in [-0.25, -0.2) is 0 Å². The van der Waals surface area contributed by atoms with Crippen LogP contribution in [0.15, 0.2) is 0 Å². The molecule has 2 aliphatic heterocycles. The summed E-state index contributed by atoms with van der Waals surface area (Å²) in [6.45, 7) is 6.37. The fraction of sp³-hybridized carbons (Fsp3) is 0.846. The van der Waals surface area contributed by atoms with E-state index >= 15 is 0 Å². The summed E-state index contributed by atoms with van der Waals surface area (Å²) < 4.78 is 5.25. The molecule has 2 rings (SSSR count). The number of nitrogens with zero attached hydrogens (tertiary/aromatic N) is 2. The summed E-state index contributed by atoms with van der Waals surface area (Å²) in [6, 6.07) is 0.184. The van der Waals surface area contributed by atoms with Gasteiger partial charge in [0.25, 0.3) is 0 Å². The van der Waals surface area contributed by atoms with Crippen molar-refractivity contribution >= 4 is 11.8 Å². The van der Waals surface area contributed by atoms with Gasteiger partial charge in [-0.15, -0.1) is 0 Å². The van der Waals surface area contributed by atoms with Gasteiger partial charge < -0.3 is 15.0 Å². The molecule has 6 heteroatoms. The van der Waals surface area contributed by atoms with Gasteiger partial charge in [-0.05, 0) is 19.4 Å². The Kier molecular flexibility index (Phi) is 5.15. The Balaban J connectivity index is 1.77. The van der Waals surface area contributed by atoms with Gasteiger partial charge in [0.15, 0.2) is 0 Å². The molecule has 0 spiro atoms. The van der Waals surface area contributed by atoms with Crippen molar-refractivity contribution in [3.8, 4) is 0 Å². The minimum atomic E-state index is 0.00589. The number of carbonyl (C=O) groups is 2. The molecule has 0 radical (unpaired) electrons. The normalized spacial score (nSPS) is 25.1. The van der Waals surface area contributed by atoms with E-state index in [4.69, 9.17) is 4.74 Å². The molecule has 2 aliphatic rings. The molecule has 1 unspecified atom stereocenters. The summed E-state index contributed by atoms with van der Waals surface area (Å²) in [5, 5.41) is 2.94. The van der Waals surface area contributed by atoms with Crippen LogP contribution in [0.25, 0.3) is 0 Å². The van der Waals surface area contributed by atoms with E-state index in [2.05, 4.69) is 10.2 Å². The van der Waals surface area contributed by atoms with Crippen LogP contribution in [0.2, 0.25) is 0 Å². The lowest BCUT2D eigenvalue weighted by atomic mass is 10.1. The molecular formula is C13H23N3O3. The third kappa shape index (κ3) is 4.47. The van der Waals surface area contributed by atoms with Crippen LogP contribution in [0.3, 0.4) is 0 Å². The summed E-state index contributed by atoms with van der Waals surface area (Å²) in [5.74, 6) is 0.179. The average molecular weight is 269 g/mol. The Labute approximate surface area is 114 Å². The fourth-order valence-electron chi connectivity index (χ4n) is 2.71. The second-order valence-electron chi connectivity index (χ2n) is 5.27. The van der Waals surface area contributed by atoms with Crippen molar-refractivity contribution in [3.63, 3.8) is 0 Å². The standard InChI is InChI=1S/C13H23N3O3/c1-11(17)14-12-3-2-4-15(9-12)10-13(18)16-5-7-19-8-6-16/h12H,2-10H2,1H3,(H,14,17). The van der Waals surface area contributed by atoms with E-state index < -0.39 is 0 Å². The van der Waals surface area contributed by atoms with E-state index in [0.29, 0.717) is 32.8 Å². The molecule has 0 bridgehead atoms. The molecule has 1 N–H and O–H groups in total. The summed E-state index contributed by atoms with van der Waals surface area (Å²) in [7, 11) is 0. The zero-order valence-corrected chi connectivity index (χ0v) is 11.6. The Morgan fingerprint density at radius 2 is 2.00 bits per heavy atom. The molecule has 0 aromatic rings. The second kappa shape index (κ2) is 6.86. The lowest BCUT2D eigenvalue weighted by Crippen LogP contribution is -2.51. The van der Waals surface area contributed by atoms with Crippen molar-refractivity contribution in [3.05, 3.63) is 0 Å². The fourth-order valence-corrected chi connectivity index (χ4v) is 2.71. The number of hydrogen-bond acceptors (Lipinski definition) is 4. The van der Waals surface area contributed by atoms with Gasteiger partial charge in [0.2, 0.25) is 11.8 Å². The number of morpholine rings is 1. The first-order chi connectivity index (χ1) is 9.15. The molecule has 2 heterocycles. The number of carbonyl (C=O) groups excluding carboxylic acids is 2. The number of likely N-dealkylation sites (tertiary alicyclic amines) is 1. The molecule has 6 nitrogen and oxygen atoms in total. The van der Waals surface area contributed by atoms with Crippen LogP contribution in [-0.4, -0.2) is 73.6 Å². The van der Waals surface area contributed by atoms with Gasteiger partial charge in [-0.2, -0.15) is 0 Å². The van der Waals surface area contributed by atoms with Crippen molar-refractivity contribution in [2.75, 3.05) is 45.9 Å². The SMILES string of the molecule is CC(=O)NC1CCCN(CC(=O)N2CCOCC2)C1. The van der Waals surface area contributed by atoms with Crippen LogP contribution < -0.4 is 5.32 Å². The van der Waals surface area contributed by atoms with Gasteiger partial charge in [-0.1, -0.05) is 0 Å². The minimum Gasteiger partial charge on any atom is -0.378 e. The summed E-state index contributed by atoms with van der Waals surface area (Å²) in [4.78, 5) is 27.2. The van der Waals surface area contributed by atoms with Crippen LogP contribution in [0.5, 0.6) is 0 Å². The zero-order valence-electron chi connectivity index (χ0n) is 11.6. The number of ether oxygens (including phenoxy) is 1. The van der Waals surface area contributed by atoms with Gasteiger partial charge in [0, 0.05) is 32.6 Å². The molecule has 2 fully saturated rings. The summed E-state index contributed by atoms with van der Waals surface area (Å²) >= 11 is 0. The Bertz CT molecular complexity index is 329. The number of nitrogens with one attached hydrogen (secondary N) is 1. The van der Waals surface area contributed by atoms with E-state index in [9.17, 15) is 9.59 Å². The quantitative estimate of drug-likeness (QED) is 0.746. The minimum absolute atomic E-state index is 0.00589. The largest absolute Gasteiger partial charge is 0.378 e. The Morgan fingerprint density at radius 1 is 1.26 bits per heavy atom. The molecule has 2 saturated heterocycles. The Morgan fingerprint density at radius 3 is 2.68 bits per heavy atom. The van der Waals surface area contributed by atoms with Crippen LogP contribution in [0.4, 0.5) is 0 Å². The molecule has 0 aliphatic carbocycles. The number of hydrogen-bond donors (Lipinski definition) is 1. The van der Waals surface area contributed by atoms with Crippen LogP contribution in [-0.2, 0) is 14.3 Å². The highest BCUT2D eigenvalue weighted by atomic mass is 16.5. The van der Waals surface area contributed by atoms with E-state index in [1.165, 1.54) is 6.92 Å². The molecule has 1 atom stereocenters. The van der Waals surface area contributed by atoms with Gasteiger partial charge in [-0.3, -0.25) is 14.5 Å². The van der Waals surface area contributed by atoms with Crippen LogP contribution in [0.1, 0.15) is 19.8 Å². The second-order valence-corrected chi connectivity index (χ2v) is 5.27. The van der Waals surface area contributed by atoms with E-state index in [0.717, 1.165) is 25.9 Å². The van der Waals surface area contributed by atoms with Gasteiger partial charge >= 0.3 is 0 Å². The van der Waals surface area contributed by atoms with E-state index in [1.54, 1.807) is 0 Å². The van der Waals surface area contributed by atoms with Gasteiger partial charge in [0.1, 0.15) is 0 Å². The van der Waals surface area contributed by atoms with Crippen molar-refractivity contribution in [2.45, 2.75) is 25.8 Å². The molecule has 2 amide bonds. The summed E-state index contributed by atoms with van der Waals surface area (Å²) in [6.07, 6.45) is 2.03. The van der Waals surface area contributed by atoms with Crippen molar-refractivity contribution in [1.29, 1.82) is 0 Å². The van der Waals surface area contributed by atoms with Crippen LogP contribution >= 0.6 is 0 Å². The average Bonchev–Trinajstić information content (AvgIpc) is 2.39. The van der Waals surface area contributed by atoms with E-state index in [1.807, 2.05) is 4.90 Å². The predicted octanol–water partition coefficient (Wildman–Crippen LogP) is -0.554. The van der Waals surface area contributed by atoms with Crippen molar-refractivity contribution in [1.82, 2.24) is 15.1 Å². The van der Waals surface area contributed by atoms with Crippen molar-refractivity contribution in [2.24, 2.45) is 0 Å². The highest BCUT2D eigenvalue weighted by molar-refractivity contribution is 5.78. The maximum atomic E-state index is 12.1. The third-order valence-electron chi connectivity index (χ3n) is 3.64. The number of amides is 2. The lowest BCUT2D eigenvalue weighted by molar-refractivity contribution is -0.136. The number of rotatable bonds is 3. The number of piperidine rings is 1. The molecule has 0 saturated carbocycles. The third-order valence-corrected chi connectivity index (χ3v) is 3.64. The maximum absolute atomic E-state index is 12.1. The molecular weight excluding hydrogens is 246 g/mol. The zero-order chi connectivity index (χ0) is 13.7. The van der Waals surface area contributed by atoms with Crippen molar-refractivity contribution < 1.29 is 14.3 Å². The predicted molar refractivity (Wildman–Crippen MR) is 70.7 cm³/mol. The van der Waals surface area contributed by atoms with Crippen LogP contribution in [0, 0.1) is 0 Å². The molecule has 108 valence electrons. The maximum Gasteiger partial charge on any atom is 0.236 e. The first kappa shape index (κ1) is 14.3. The van der Waals surface area contributed by atoms with E-state index in [-0.39, 0.29) is 17.9 Å². The smallest absolute Gasteiger partial charge is 0.236 e. The molecule has 0 aromatic heterocycles. The monoisotopic (exact) mass is 269 g/mol. The van der Waals surface area contributed by atoms with Gasteiger partial charge in [0.05, 0.1) is 19.8 Å². The summed E-state index contributed by atoms with van der Waals surface area (Å²) in [5.41, 5.74) is 0. The Hall–Kier alpha value is -1.14. The topological polar surface area (TPSA) is 61.9 Å². The highest BCUT2D eigenvalue weighted by Gasteiger charge is 2.24. The first-order valence-electron chi connectivity index (χ1n) is 7.00. The highest BCUT2D eigenvalue weighted by Crippen LogP contribution is 2.10. The lowest BCUT2D eigenvalue weighted by Gasteiger charge is -2.34.